The van der Waals surface area contributed by atoms with E-state index in [1.54, 1.807) is 0 Å². The van der Waals surface area contributed by atoms with Crippen LogP contribution in [-0.4, -0.2) is 11.7 Å². The maximum absolute atomic E-state index is 4.28. The van der Waals surface area contributed by atoms with Crippen LogP contribution < -0.4 is 10.9 Å². The van der Waals surface area contributed by atoms with E-state index in [4.69, 9.17) is 0 Å². The SMILES string of the molecule is Ic1ccccc1C1=NN=C(c2ccccc2I)NN1. The predicted molar refractivity (Wildman–Crippen MR) is 97.7 cm³/mol. The smallest absolute Gasteiger partial charge is 0.175 e. The highest BCUT2D eigenvalue weighted by molar-refractivity contribution is 14.1. The van der Waals surface area contributed by atoms with Gasteiger partial charge in [0.2, 0.25) is 0 Å². The zero-order chi connectivity index (χ0) is 13.9. The number of halogens is 2. The number of benzene rings is 2. The van der Waals surface area contributed by atoms with E-state index in [-0.39, 0.29) is 0 Å². The summed E-state index contributed by atoms with van der Waals surface area (Å²) in [4.78, 5) is 0. The van der Waals surface area contributed by atoms with Crippen LogP contribution in [0.1, 0.15) is 11.1 Å². The second kappa shape index (κ2) is 6.08. The van der Waals surface area contributed by atoms with E-state index in [2.05, 4.69) is 66.2 Å². The van der Waals surface area contributed by atoms with E-state index >= 15 is 0 Å². The lowest BCUT2D eigenvalue weighted by molar-refractivity contribution is 0.824. The van der Waals surface area contributed by atoms with Gasteiger partial charge in [0.1, 0.15) is 0 Å². The van der Waals surface area contributed by atoms with Crippen molar-refractivity contribution < 1.29 is 0 Å². The summed E-state index contributed by atoms with van der Waals surface area (Å²) in [6.45, 7) is 0. The van der Waals surface area contributed by atoms with Crippen molar-refractivity contribution in [2.45, 2.75) is 0 Å². The van der Waals surface area contributed by atoms with Crippen molar-refractivity contribution in [2.75, 3.05) is 0 Å². The second-order valence-corrected chi connectivity index (χ2v) is 6.43. The van der Waals surface area contributed by atoms with Crippen LogP contribution in [0.3, 0.4) is 0 Å². The quantitative estimate of drug-likeness (QED) is 0.639. The first-order chi connectivity index (χ1) is 9.75. The zero-order valence-corrected chi connectivity index (χ0v) is 14.6. The number of amidine groups is 2. The Morgan fingerprint density at radius 3 is 1.40 bits per heavy atom. The van der Waals surface area contributed by atoms with E-state index in [0.717, 1.165) is 29.9 Å². The van der Waals surface area contributed by atoms with Crippen LogP contribution in [0.5, 0.6) is 0 Å². The molecule has 1 heterocycles. The summed E-state index contributed by atoms with van der Waals surface area (Å²) >= 11 is 4.57. The van der Waals surface area contributed by atoms with E-state index in [9.17, 15) is 0 Å². The molecule has 0 radical (unpaired) electrons. The van der Waals surface area contributed by atoms with E-state index in [0.29, 0.717) is 0 Å². The molecule has 0 spiro atoms. The summed E-state index contributed by atoms with van der Waals surface area (Å²) in [5.74, 6) is 1.45. The molecule has 0 aromatic heterocycles. The Morgan fingerprint density at radius 2 is 1.05 bits per heavy atom. The Labute approximate surface area is 144 Å². The van der Waals surface area contributed by atoms with Crippen molar-refractivity contribution in [2.24, 2.45) is 10.2 Å². The Bertz CT molecular complexity index is 648. The topological polar surface area (TPSA) is 48.8 Å². The monoisotopic (exact) mass is 488 g/mol. The molecule has 3 rings (SSSR count). The minimum atomic E-state index is 0.727. The van der Waals surface area contributed by atoms with Gasteiger partial charge in [0.05, 0.1) is 0 Å². The molecule has 2 N–H and O–H groups in total. The summed E-state index contributed by atoms with van der Waals surface area (Å²) in [7, 11) is 0. The fraction of sp³-hybridized carbons (Fsp3) is 0. The third kappa shape index (κ3) is 2.80. The Morgan fingerprint density at radius 1 is 0.650 bits per heavy atom. The van der Waals surface area contributed by atoms with Crippen molar-refractivity contribution in [3.63, 3.8) is 0 Å². The van der Waals surface area contributed by atoms with Gasteiger partial charge in [0, 0.05) is 18.3 Å². The highest BCUT2D eigenvalue weighted by Gasteiger charge is 2.14. The molecule has 2 aromatic rings. The van der Waals surface area contributed by atoms with Crippen molar-refractivity contribution in [1.29, 1.82) is 0 Å². The van der Waals surface area contributed by atoms with Crippen LogP contribution in [0, 0.1) is 7.14 Å². The van der Waals surface area contributed by atoms with Gasteiger partial charge in [-0.05, 0) is 57.3 Å². The lowest BCUT2D eigenvalue weighted by atomic mass is 10.2. The summed E-state index contributed by atoms with van der Waals surface area (Å²) in [5.41, 5.74) is 8.29. The van der Waals surface area contributed by atoms with Gasteiger partial charge in [-0.25, -0.2) is 0 Å². The molecular formula is C14H10I2N4. The van der Waals surface area contributed by atoms with E-state index in [1.807, 2.05) is 48.5 Å². The van der Waals surface area contributed by atoms with Crippen LogP contribution in [-0.2, 0) is 0 Å². The number of hydrogen-bond donors (Lipinski definition) is 2. The fourth-order valence-electron chi connectivity index (χ4n) is 1.82. The Hall–Kier alpha value is -1.16. The van der Waals surface area contributed by atoms with Gasteiger partial charge in [0.15, 0.2) is 11.7 Å². The average Bonchev–Trinajstić information content (AvgIpc) is 2.49. The molecule has 0 aliphatic carbocycles. The molecule has 0 saturated heterocycles. The molecule has 20 heavy (non-hydrogen) atoms. The number of rotatable bonds is 2. The van der Waals surface area contributed by atoms with Crippen molar-refractivity contribution in [1.82, 2.24) is 10.9 Å². The van der Waals surface area contributed by atoms with E-state index in [1.165, 1.54) is 0 Å². The van der Waals surface area contributed by atoms with Gasteiger partial charge in [0.25, 0.3) is 0 Å². The lowest BCUT2D eigenvalue weighted by Crippen LogP contribution is -2.45. The molecule has 4 nitrogen and oxygen atoms in total. The minimum Gasteiger partial charge on any atom is -0.281 e. The largest absolute Gasteiger partial charge is 0.281 e. The molecule has 0 amide bonds. The van der Waals surface area contributed by atoms with Crippen molar-refractivity contribution >= 4 is 56.9 Å². The van der Waals surface area contributed by atoms with Gasteiger partial charge >= 0.3 is 0 Å². The van der Waals surface area contributed by atoms with Crippen LogP contribution in [0.4, 0.5) is 0 Å². The first-order valence-electron chi connectivity index (χ1n) is 5.93. The molecule has 0 fully saturated rings. The van der Waals surface area contributed by atoms with Gasteiger partial charge in [-0.2, -0.15) is 0 Å². The van der Waals surface area contributed by atoms with Crippen LogP contribution >= 0.6 is 45.2 Å². The third-order valence-corrected chi connectivity index (χ3v) is 4.69. The summed E-state index contributed by atoms with van der Waals surface area (Å²) in [6.07, 6.45) is 0. The van der Waals surface area contributed by atoms with Crippen molar-refractivity contribution in [3.8, 4) is 0 Å². The number of nitrogens with one attached hydrogen (secondary N) is 2. The summed E-state index contributed by atoms with van der Waals surface area (Å²) in [5, 5.41) is 8.56. The maximum Gasteiger partial charge on any atom is 0.175 e. The van der Waals surface area contributed by atoms with Crippen LogP contribution in [0.15, 0.2) is 58.7 Å². The van der Waals surface area contributed by atoms with Crippen LogP contribution in [0.2, 0.25) is 0 Å². The lowest BCUT2D eigenvalue weighted by Gasteiger charge is -2.18. The maximum atomic E-state index is 4.28. The second-order valence-electron chi connectivity index (χ2n) is 4.11. The van der Waals surface area contributed by atoms with Gasteiger partial charge in [-0.15, -0.1) is 10.2 Å². The average molecular weight is 488 g/mol. The normalized spacial score (nSPS) is 13.9. The molecule has 0 atom stereocenters. The van der Waals surface area contributed by atoms with E-state index < -0.39 is 0 Å². The van der Waals surface area contributed by atoms with Gasteiger partial charge < -0.3 is 0 Å². The minimum absolute atomic E-state index is 0.727. The first-order valence-corrected chi connectivity index (χ1v) is 8.09. The van der Waals surface area contributed by atoms with Crippen LogP contribution in [0.25, 0.3) is 0 Å². The molecule has 0 saturated carbocycles. The molecule has 100 valence electrons. The summed E-state index contributed by atoms with van der Waals surface area (Å²) < 4.78 is 2.26. The molecule has 0 bridgehead atoms. The molecule has 0 unspecified atom stereocenters. The summed E-state index contributed by atoms with van der Waals surface area (Å²) in [6, 6.07) is 16.1. The Kier molecular flexibility index (Phi) is 4.20. The third-order valence-electron chi connectivity index (χ3n) is 2.81. The molecule has 1 aliphatic heterocycles. The van der Waals surface area contributed by atoms with Crippen molar-refractivity contribution in [3.05, 3.63) is 66.8 Å². The number of hydrazine groups is 1. The Balaban J connectivity index is 1.94. The highest BCUT2D eigenvalue weighted by atomic mass is 127. The van der Waals surface area contributed by atoms with Gasteiger partial charge in [-0.3, -0.25) is 10.9 Å². The molecule has 2 aromatic carbocycles. The molecule has 6 heteroatoms. The highest BCUT2D eigenvalue weighted by Crippen LogP contribution is 2.15. The first kappa shape index (κ1) is 13.8. The fourth-order valence-corrected chi connectivity index (χ4v) is 3.10. The zero-order valence-electron chi connectivity index (χ0n) is 10.3. The van der Waals surface area contributed by atoms with Gasteiger partial charge in [-0.1, -0.05) is 36.4 Å². The number of nitrogens with zero attached hydrogens (tertiary/aromatic N) is 2. The number of hydrogen-bond acceptors (Lipinski definition) is 4. The molecule has 1 aliphatic rings. The predicted octanol–water partition coefficient (Wildman–Crippen LogP) is 3.11. The molecular weight excluding hydrogens is 478 g/mol. The standard InChI is InChI=1S/C14H10I2N4/c15-11-7-3-1-5-9(11)13-17-19-14(20-18-13)10-6-2-4-8-12(10)16/h1-8H,(H,17,18)(H,19,20).